The summed E-state index contributed by atoms with van der Waals surface area (Å²) in [6, 6.07) is 14.8. The van der Waals surface area contributed by atoms with Gasteiger partial charge in [0, 0.05) is 17.1 Å². The first-order valence-electron chi connectivity index (χ1n) is 7.33. The van der Waals surface area contributed by atoms with Crippen LogP contribution in [0.15, 0.2) is 53.0 Å². The largest absolute Gasteiger partial charge is 0.349 e. The lowest BCUT2D eigenvalue weighted by molar-refractivity contribution is -0.120. The summed E-state index contributed by atoms with van der Waals surface area (Å²) >= 11 is 3.36. The summed E-state index contributed by atoms with van der Waals surface area (Å²) in [7, 11) is 0. The first-order chi connectivity index (χ1) is 10.9. The van der Waals surface area contributed by atoms with Gasteiger partial charge in [0.15, 0.2) is 0 Å². The van der Waals surface area contributed by atoms with Crippen molar-refractivity contribution in [1.29, 1.82) is 0 Å². The maximum absolute atomic E-state index is 12.3. The number of carbonyl (C=O) groups is 2. The zero-order valence-electron chi connectivity index (χ0n) is 13.1. The van der Waals surface area contributed by atoms with Crippen LogP contribution in [-0.2, 0) is 9.59 Å². The Morgan fingerprint density at radius 2 is 1.65 bits per heavy atom. The molecule has 0 fully saturated rings. The highest BCUT2D eigenvalue weighted by molar-refractivity contribution is 9.10. The van der Waals surface area contributed by atoms with Gasteiger partial charge < -0.3 is 10.6 Å². The maximum Gasteiger partial charge on any atom is 0.226 e. The molecule has 0 bridgehead atoms. The van der Waals surface area contributed by atoms with E-state index in [4.69, 9.17) is 0 Å². The summed E-state index contributed by atoms with van der Waals surface area (Å²) in [5.74, 6) is -0.307. The Balaban J connectivity index is 2.07. The minimum atomic E-state index is -0.344. The van der Waals surface area contributed by atoms with Crippen LogP contribution in [-0.4, -0.2) is 11.8 Å². The van der Waals surface area contributed by atoms with E-state index in [0.717, 1.165) is 21.3 Å². The van der Waals surface area contributed by atoms with Gasteiger partial charge in [0.2, 0.25) is 11.8 Å². The second kappa shape index (κ2) is 7.92. The van der Waals surface area contributed by atoms with Crippen molar-refractivity contribution in [2.75, 3.05) is 5.32 Å². The van der Waals surface area contributed by atoms with Gasteiger partial charge in [-0.2, -0.15) is 0 Å². The monoisotopic (exact) mass is 374 g/mol. The topological polar surface area (TPSA) is 58.2 Å². The van der Waals surface area contributed by atoms with Crippen molar-refractivity contribution < 1.29 is 9.59 Å². The average molecular weight is 375 g/mol. The highest BCUT2D eigenvalue weighted by Gasteiger charge is 2.17. The minimum Gasteiger partial charge on any atom is -0.349 e. The van der Waals surface area contributed by atoms with E-state index in [0.29, 0.717) is 0 Å². The molecule has 0 aliphatic heterocycles. The average Bonchev–Trinajstić information content (AvgIpc) is 2.49. The van der Waals surface area contributed by atoms with Crippen molar-refractivity contribution in [1.82, 2.24) is 5.32 Å². The van der Waals surface area contributed by atoms with Crippen LogP contribution in [0.5, 0.6) is 0 Å². The van der Waals surface area contributed by atoms with Crippen molar-refractivity contribution in [2.45, 2.75) is 26.3 Å². The Bertz CT molecular complexity index is 681. The summed E-state index contributed by atoms with van der Waals surface area (Å²) in [5.41, 5.74) is 2.77. The third kappa shape index (κ3) is 5.53. The molecular formula is C18H19BrN2O2. The Labute approximate surface area is 144 Å². The van der Waals surface area contributed by atoms with Gasteiger partial charge in [-0.3, -0.25) is 9.59 Å². The van der Waals surface area contributed by atoms with Crippen LogP contribution in [0.3, 0.4) is 0 Å². The van der Waals surface area contributed by atoms with E-state index in [9.17, 15) is 9.59 Å². The Morgan fingerprint density at radius 1 is 1.04 bits per heavy atom. The van der Waals surface area contributed by atoms with E-state index >= 15 is 0 Å². The molecule has 2 N–H and O–H groups in total. The van der Waals surface area contributed by atoms with E-state index in [1.165, 1.54) is 6.92 Å². The molecule has 0 aromatic heterocycles. The predicted molar refractivity (Wildman–Crippen MR) is 95.1 cm³/mol. The highest BCUT2D eigenvalue weighted by Crippen LogP contribution is 2.19. The molecule has 0 saturated heterocycles. The van der Waals surface area contributed by atoms with E-state index in [1.54, 1.807) is 0 Å². The fourth-order valence-corrected chi connectivity index (χ4v) is 2.49. The lowest BCUT2D eigenvalue weighted by Crippen LogP contribution is -2.29. The number of anilines is 1. The normalized spacial score (nSPS) is 11.6. The summed E-state index contributed by atoms with van der Waals surface area (Å²) in [4.78, 5) is 23.7. The number of carbonyl (C=O) groups excluding carboxylic acids is 2. The number of benzene rings is 2. The van der Waals surface area contributed by atoms with Gasteiger partial charge in [0.25, 0.3) is 0 Å². The number of aryl methyl sites for hydroxylation is 1. The minimum absolute atomic E-state index is 0.147. The first-order valence-corrected chi connectivity index (χ1v) is 8.12. The molecule has 0 aliphatic rings. The molecule has 4 nitrogen and oxygen atoms in total. The number of nitrogens with one attached hydrogen (secondary N) is 2. The van der Waals surface area contributed by atoms with Crippen molar-refractivity contribution in [3.63, 3.8) is 0 Å². The number of halogens is 1. The van der Waals surface area contributed by atoms with Gasteiger partial charge >= 0.3 is 0 Å². The molecule has 2 rings (SSSR count). The Morgan fingerprint density at radius 3 is 2.22 bits per heavy atom. The van der Waals surface area contributed by atoms with Gasteiger partial charge in [-0.25, -0.2) is 0 Å². The van der Waals surface area contributed by atoms with E-state index in [1.807, 2.05) is 55.5 Å². The molecule has 2 aromatic rings. The summed E-state index contributed by atoms with van der Waals surface area (Å²) in [6.07, 6.45) is 0.179. The molecule has 5 heteroatoms. The van der Waals surface area contributed by atoms with Gasteiger partial charge in [0.05, 0.1) is 12.5 Å². The third-order valence-corrected chi connectivity index (χ3v) is 3.90. The van der Waals surface area contributed by atoms with Crippen molar-refractivity contribution in [2.24, 2.45) is 0 Å². The lowest BCUT2D eigenvalue weighted by Gasteiger charge is -2.18. The SMILES string of the molecule is CC(=O)NC(CC(=O)Nc1ccc(Br)cc1)c1ccc(C)cc1. The molecule has 23 heavy (non-hydrogen) atoms. The maximum atomic E-state index is 12.3. The van der Waals surface area contributed by atoms with E-state index in [-0.39, 0.29) is 24.3 Å². The summed E-state index contributed by atoms with van der Waals surface area (Å²) in [5, 5.41) is 5.68. The molecule has 0 aliphatic carbocycles. The number of hydrogen-bond acceptors (Lipinski definition) is 2. The second-order valence-corrected chi connectivity index (χ2v) is 6.34. The van der Waals surface area contributed by atoms with Gasteiger partial charge in [-0.05, 0) is 36.8 Å². The van der Waals surface area contributed by atoms with Crippen molar-refractivity contribution in [3.8, 4) is 0 Å². The summed E-state index contributed by atoms with van der Waals surface area (Å²) < 4.78 is 0.950. The van der Waals surface area contributed by atoms with Gasteiger partial charge in [-0.15, -0.1) is 0 Å². The van der Waals surface area contributed by atoms with Gasteiger partial charge in [-0.1, -0.05) is 45.8 Å². The lowest BCUT2D eigenvalue weighted by atomic mass is 10.0. The predicted octanol–water partition coefficient (Wildman–Crippen LogP) is 3.96. The van der Waals surface area contributed by atoms with Crippen LogP contribution in [0.1, 0.15) is 30.5 Å². The van der Waals surface area contributed by atoms with Crippen LogP contribution in [0.4, 0.5) is 5.69 Å². The van der Waals surface area contributed by atoms with Gasteiger partial charge in [0.1, 0.15) is 0 Å². The Hall–Kier alpha value is -2.14. The van der Waals surface area contributed by atoms with Crippen LogP contribution in [0.25, 0.3) is 0 Å². The fourth-order valence-electron chi connectivity index (χ4n) is 2.23. The number of amides is 2. The molecule has 0 heterocycles. The molecule has 0 radical (unpaired) electrons. The molecule has 1 atom stereocenters. The number of hydrogen-bond donors (Lipinski definition) is 2. The molecule has 2 aromatic carbocycles. The number of rotatable bonds is 5. The smallest absolute Gasteiger partial charge is 0.226 e. The molecule has 0 spiro atoms. The fraction of sp³-hybridized carbons (Fsp3) is 0.222. The van der Waals surface area contributed by atoms with E-state index in [2.05, 4.69) is 26.6 Å². The highest BCUT2D eigenvalue weighted by atomic mass is 79.9. The molecular weight excluding hydrogens is 356 g/mol. The molecule has 0 saturated carbocycles. The molecule has 2 amide bonds. The Kier molecular flexibility index (Phi) is 5.93. The summed E-state index contributed by atoms with van der Waals surface area (Å²) in [6.45, 7) is 3.45. The van der Waals surface area contributed by atoms with Crippen LogP contribution < -0.4 is 10.6 Å². The van der Waals surface area contributed by atoms with E-state index < -0.39 is 0 Å². The van der Waals surface area contributed by atoms with Crippen molar-refractivity contribution in [3.05, 3.63) is 64.1 Å². The van der Waals surface area contributed by atoms with Crippen LogP contribution in [0.2, 0.25) is 0 Å². The third-order valence-electron chi connectivity index (χ3n) is 3.37. The van der Waals surface area contributed by atoms with Crippen LogP contribution >= 0.6 is 15.9 Å². The zero-order valence-corrected chi connectivity index (χ0v) is 14.7. The zero-order chi connectivity index (χ0) is 16.8. The molecule has 120 valence electrons. The molecule has 1 unspecified atom stereocenters. The standard InChI is InChI=1S/C18H19BrN2O2/c1-12-3-5-14(6-4-12)17(20-13(2)22)11-18(23)21-16-9-7-15(19)8-10-16/h3-10,17H,11H2,1-2H3,(H,20,22)(H,21,23). The van der Waals surface area contributed by atoms with Crippen molar-refractivity contribution >= 4 is 33.4 Å². The van der Waals surface area contributed by atoms with Crippen LogP contribution in [0, 0.1) is 6.92 Å². The second-order valence-electron chi connectivity index (χ2n) is 5.42. The first kappa shape index (κ1) is 17.2. The quantitative estimate of drug-likeness (QED) is 0.831.